The van der Waals surface area contributed by atoms with Crippen molar-refractivity contribution < 1.29 is 4.79 Å². The molecule has 2 aromatic heterocycles. The fraction of sp³-hybridized carbons (Fsp3) is 0.350. The Hall–Kier alpha value is -2.73. The maximum atomic E-state index is 12.2. The largest absolute Gasteiger partial charge is 0.326 e. The van der Waals surface area contributed by atoms with Gasteiger partial charge in [0.1, 0.15) is 0 Å². The van der Waals surface area contributed by atoms with Gasteiger partial charge < -0.3 is 10.6 Å². The average Bonchev–Trinajstić information content (AvgIpc) is 3.12. The molecule has 0 saturated carbocycles. The van der Waals surface area contributed by atoms with E-state index in [4.69, 9.17) is 0 Å². The van der Waals surface area contributed by atoms with Gasteiger partial charge in [-0.05, 0) is 56.5 Å². The van der Waals surface area contributed by atoms with Crippen LogP contribution in [0.5, 0.6) is 0 Å². The summed E-state index contributed by atoms with van der Waals surface area (Å²) in [5, 5.41) is 6.35. The van der Waals surface area contributed by atoms with Crippen LogP contribution in [0.2, 0.25) is 0 Å². The molecule has 0 unspecified atom stereocenters. The van der Waals surface area contributed by atoms with Crippen LogP contribution in [-0.4, -0.2) is 33.4 Å². The molecule has 0 aliphatic carbocycles. The summed E-state index contributed by atoms with van der Waals surface area (Å²) >= 11 is 0. The number of aromatic nitrogens is 3. The zero-order valence-electron chi connectivity index (χ0n) is 14.7. The molecule has 6 nitrogen and oxygen atoms in total. The molecule has 4 rings (SSSR count). The van der Waals surface area contributed by atoms with Gasteiger partial charge in [0.15, 0.2) is 0 Å². The second kappa shape index (κ2) is 7.66. The molecule has 2 N–H and O–H groups in total. The topological polar surface area (TPSA) is 71.3 Å². The van der Waals surface area contributed by atoms with Crippen molar-refractivity contribution in [2.24, 2.45) is 5.92 Å². The summed E-state index contributed by atoms with van der Waals surface area (Å²) in [4.78, 5) is 20.9. The minimum atomic E-state index is 0.0909. The van der Waals surface area contributed by atoms with Crippen LogP contribution in [0.25, 0.3) is 17.0 Å². The van der Waals surface area contributed by atoms with Gasteiger partial charge in [-0.15, -0.1) is 0 Å². The zero-order chi connectivity index (χ0) is 17.8. The van der Waals surface area contributed by atoms with Crippen molar-refractivity contribution in [1.82, 2.24) is 19.7 Å². The van der Waals surface area contributed by atoms with Gasteiger partial charge in [0.25, 0.3) is 0 Å². The van der Waals surface area contributed by atoms with Gasteiger partial charge in [0.2, 0.25) is 11.7 Å². The molecule has 1 fully saturated rings. The van der Waals surface area contributed by atoms with E-state index < -0.39 is 0 Å². The normalized spacial score (nSPS) is 15.2. The fourth-order valence-corrected chi connectivity index (χ4v) is 3.42. The summed E-state index contributed by atoms with van der Waals surface area (Å²) in [5.74, 6) is 1.44. The highest BCUT2D eigenvalue weighted by Crippen LogP contribution is 2.22. The van der Waals surface area contributed by atoms with Gasteiger partial charge in [0, 0.05) is 36.3 Å². The molecule has 3 heterocycles. The molecule has 0 atom stereocenters. The second-order valence-corrected chi connectivity index (χ2v) is 6.81. The molecular weight excluding hydrogens is 326 g/mol. The number of amides is 1. The first kappa shape index (κ1) is 16.7. The number of rotatable bonds is 5. The number of carbonyl (C=O) groups is 1. The molecule has 1 aliphatic heterocycles. The Kier molecular flexibility index (Phi) is 4.93. The molecule has 0 radical (unpaired) electrons. The lowest BCUT2D eigenvalue weighted by molar-refractivity contribution is -0.116. The lowest BCUT2D eigenvalue weighted by atomic mass is 9.93. The average molecular weight is 349 g/mol. The Morgan fingerprint density at radius 1 is 1.23 bits per heavy atom. The van der Waals surface area contributed by atoms with Crippen molar-refractivity contribution >= 4 is 17.4 Å². The number of carbonyl (C=O) groups excluding carboxylic acids is 1. The quantitative estimate of drug-likeness (QED) is 0.742. The van der Waals surface area contributed by atoms with Crippen LogP contribution >= 0.6 is 0 Å². The Morgan fingerprint density at radius 2 is 2.04 bits per heavy atom. The van der Waals surface area contributed by atoms with E-state index in [2.05, 4.69) is 20.6 Å². The maximum Gasteiger partial charge on any atom is 0.234 e. The molecular formula is C20H23N5O. The highest BCUT2D eigenvalue weighted by Gasteiger charge is 2.14. The van der Waals surface area contributed by atoms with E-state index in [1.807, 2.05) is 47.1 Å². The maximum absolute atomic E-state index is 12.2. The van der Waals surface area contributed by atoms with Crippen LogP contribution in [0.4, 0.5) is 5.69 Å². The third-order valence-corrected chi connectivity index (χ3v) is 4.94. The van der Waals surface area contributed by atoms with E-state index in [0.29, 0.717) is 18.1 Å². The number of imidazole rings is 1. The molecule has 1 amide bonds. The molecule has 0 spiro atoms. The Balaban J connectivity index is 1.35. The summed E-state index contributed by atoms with van der Waals surface area (Å²) < 4.78 is 1.89. The smallest absolute Gasteiger partial charge is 0.234 e. The van der Waals surface area contributed by atoms with Gasteiger partial charge >= 0.3 is 0 Å². The van der Waals surface area contributed by atoms with Crippen molar-refractivity contribution in [1.29, 1.82) is 0 Å². The van der Waals surface area contributed by atoms with Crippen molar-refractivity contribution in [3.05, 3.63) is 48.9 Å². The monoisotopic (exact) mass is 349 g/mol. The van der Waals surface area contributed by atoms with E-state index in [9.17, 15) is 4.79 Å². The first-order chi connectivity index (χ1) is 12.8. The van der Waals surface area contributed by atoms with Gasteiger partial charge in [-0.3, -0.25) is 9.20 Å². The number of nitrogens with zero attached hydrogens (tertiary/aromatic N) is 3. The van der Waals surface area contributed by atoms with Gasteiger partial charge in [-0.25, -0.2) is 9.97 Å². The van der Waals surface area contributed by atoms with E-state index in [1.54, 1.807) is 6.20 Å². The van der Waals surface area contributed by atoms with Crippen molar-refractivity contribution in [2.45, 2.75) is 25.7 Å². The Morgan fingerprint density at radius 3 is 2.81 bits per heavy atom. The minimum absolute atomic E-state index is 0.0909. The van der Waals surface area contributed by atoms with Crippen LogP contribution in [0.3, 0.4) is 0 Å². The number of nitrogens with one attached hydrogen (secondary N) is 2. The molecule has 6 heteroatoms. The van der Waals surface area contributed by atoms with Crippen LogP contribution < -0.4 is 10.6 Å². The summed E-state index contributed by atoms with van der Waals surface area (Å²) in [6.45, 7) is 2.15. The molecule has 1 aromatic carbocycles. The number of anilines is 1. The predicted octanol–water partition coefficient (Wildman–Crippen LogP) is 3.11. The number of piperidine rings is 1. The van der Waals surface area contributed by atoms with Gasteiger partial charge in [-0.2, -0.15) is 0 Å². The minimum Gasteiger partial charge on any atom is -0.326 e. The highest BCUT2D eigenvalue weighted by atomic mass is 16.1. The van der Waals surface area contributed by atoms with Crippen molar-refractivity contribution in [3.8, 4) is 11.3 Å². The zero-order valence-corrected chi connectivity index (χ0v) is 14.7. The third kappa shape index (κ3) is 3.91. The second-order valence-electron chi connectivity index (χ2n) is 6.81. The van der Waals surface area contributed by atoms with Crippen LogP contribution in [0.15, 0.2) is 48.9 Å². The molecule has 1 aliphatic rings. The Labute approximate surface area is 152 Å². The van der Waals surface area contributed by atoms with E-state index in [-0.39, 0.29) is 5.91 Å². The molecule has 26 heavy (non-hydrogen) atoms. The molecule has 0 bridgehead atoms. The predicted molar refractivity (Wildman–Crippen MR) is 102 cm³/mol. The first-order valence-electron chi connectivity index (χ1n) is 9.19. The fourth-order valence-electron chi connectivity index (χ4n) is 3.42. The Bertz CT molecular complexity index is 848. The standard InChI is InChI=1S/C20H23N5O/c26-19(7-2-15-8-11-21-12-9-15)23-17-5-3-16(4-6-17)18-14-25-13-1-10-22-20(25)24-18/h1,3-6,10,13-15,21H,2,7-9,11-12H2,(H,23,26). The van der Waals surface area contributed by atoms with Crippen LogP contribution in [0.1, 0.15) is 25.7 Å². The lowest BCUT2D eigenvalue weighted by Gasteiger charge is -2.22. The number of hydrogen-bond donors (Lipinski definition) is 2. The van der Waals surface area contributed by atoms with Gasteiger partial charge in [-0.1, -0.05) is 12.1 Å². The SMILES string of the molecule is O=C(CCC1CCNCC1)Nc1ccc(-c2cn3cccnc3n2)cc1. The summed E-state index contributed by atoms with van der Waals surface area (Å²) in [7, 11) is 0. The molecule has 1 saturated heterocycles. The third-order valence-electron chi connectivity index (χ3n) is 4.94. The van der Waals surface area contributed by atoms with Crippen LogP contribution in [0, 0.1) is 5.92 Å². The number of hydrogen-bond acceptors (Lipinski definition) is 4. The highest BCUT2D eigenvalue weighted by molar-refractivity contribution is 5.90. The summed E-state index contributed by atoms with van der Waals surface area (Å²) in [5.41, 5.74) is 2.70. The first-order valence-corrected chi connectivity index (χ1v) is 9.19. The summed E-state index contributed by atoms with van der Waals surface area (Å²) in [6, 6.07) is 9.68. The van der Waals surface area contributed by atoms with E-state index in [0.717, 1.165) is 36.5 Å². The number of benzene rings is 1. The van der Waals surface area contributed by atoms with Crippen molar-refractivity contribution in [3.63, 3.8) is 0 Å². The summed E-state index contributed by atoms with van der Waals surface area (Å²) in [6.07, 6.45) is 9.52. The number of fused-ring (bicyclic) bond motifs is 1. The molecule has 134 valence electrons. The lowest BCUT2D eigenvalue weighted by Crippen LogP contribution is -2.28. The molecule has 3 aromatic rings. The van der Waals surface area contributed by atoms with Gasteiger partial charge in [0.05, 0.1) is 5.69 Å². The van der Waals surface area contributed by atoms with E-state index >= 15 is 0 Å². The van der Waals surface area contributed by atoms with Crippen LogP contribution in [-0.2, 0) is 4.79 Å². The van der Waals surface area contributed by atoms with E-state index in [1.165, 1.54) is 12.8 Å². The van der Waals surface area contributed by atoms with Crippen molar-refractivity contribution in [2.75, 3.05) is 18.4 Å².